The highest BCUT2D eigenvalue weighted by Crippen LogP contribution is 2.43. The summed E-state index contributed by atoms with van der Waals surface area (Å²) in [5.74, 6) is 0.809. The average molecular weight is 382 g/mol. The molecule has 0 aliphatic rings. The number of rotatable bonds is 13. The molecule has 1 atom stereocenters. The van der Waals surface area contributed by atoms with E-state index in [0.29, 0.717) is 13.2 Å². The molecule has 0 spiro atoms. The third kappa shape index (κ3) is 7.44. The van der Waals surface area contributed by atoms with Gasteiger partial charge in [-0.05, 0) is 17.9 Å². The van der Waals surface area contributed by atoms with Gasteiger partial charge in [0, 0.05) is 5.39 Å². The SMILES string of the molecule is CCCCCOP(=O)(O)OCCOCCOc1cccc2ccccc12. The summed E-state index contributed by atoms with van der Waals surface area (Å²) in [6.45, 7) is 3.22. The van der Waals surface area contributed by atoms with Crippen LogP contribution in [0.3, 0.4) is 0 Å². The molecule has 0 fully saturated rings. The van der Waals surface area contributed by atoms with Crippen molar-refractivity contribution in [3.05, 3.63) is 42.5 Å². The van der Waals surface area contributed by atoms with E-state index < -0.39 is 7.82 Å². The van der Waals surface area contributed by atoms with E-state index in [1.165, 1.54) is 0 Å². The summed E-state index contributed by atoms with van der Waals surface area (Å²) in [4.78, 5) is 9.50. The van der Waals surface area contributed by atoms with Crippen molar-refractivity contribution in [2.24, 2.45) is 0 Å². The molecule has 144 valence electrons. The molecular weight excluding hydrogens is 355 g/mol. The maximum Gasteiger partial charge on any atom is 0.472 e. The molecule has 0 radical (unpaired) electrons. The van der Waals surface area contributed by atoms with Gasteiger partial charge in [0.05, 0.1) is 26.4 Å². The lowest BCUT2D eigenvalue weighted by Crippen LogP contribution is -2.11. The van der Waals surface area contributed by atoms with Gasteiger partial charge in [0.15, 0.2) is 0 Å². The monoisotopic (exact) mass is 382 g/mol. The number of fused-ring (bicyclic) bond motifs is 1. The number of hydrogen-bond donors (Lipinski definition) is 1. The Labute approximate surface area is 154 Å². The third-order valence-electron chi connectivity index (χ3n) is 3.72. The molecular formula is C19H27O6P. The number of ether oxygens (including phenoxy) is 2. The van der Waals surface area contributed by atoms with Gasteiger partial charge in [-0.1, -0.05) is 56.2 Å². The molecule has 0 saturated carbocycles. The van der Waals surface area contributed by atoms with E-state index in [9.17, 15) is 9.46 Å². The number of benzene rings is 2. The fourth-order valence-corrected chi connectivity index (χ4v) is 3.15. The molecule has 0 aliphatic heterocycles. The van der Waals surface area contributed by atoms with Gasteiger partial charge >= 0.3 is 7.82 Å². The van der Waals surface area contributed by atoms with Crippen molar-refractivity contribution in [3.63, 3.8) is 0 Å². The Kier molecular flexibility index (Phi) is 9.09. The highest BCUT2D eigenvalue weighted by molar-refractivity contribution is 7.47. The molecule has 0 aliphatic carbocycles. The Balaban J connectivity index is 1.58. The van der Waals surface area contributed by atoms with Crippen LogP contribution in [0.2, 0.25) is 0 Å². The van der Waals surface area contributed by atoms with Crippen molar-refractivity contribution in [1.29, 1.82) is 0 Å². The van der Waals surface area contributed by atoms with Crippen LogP contribution in [0.5, 0.6) is 5.75 Å². The van der Waals surface area contributed by atoms with E-state index in [1.807, 2.05) is 42.5 Å². The van der Waals surface area contributed by atoms with Crippen molar-refractivity contribution in [3.8, 4) is 5.75 Å². The standard InChI is InChI=1S/C19H27O6P/c1-2-3-6-12-24-26(20,21)25-16-14-22-13-15-23-19-11-7-9-17-8-4-5-10-18(17)19/h4-5,7-11H,2-3,6,12-16H2,1H3,(H,20,21). The smallest absolute Gasteiger partial charge is 0.472 e. The molecule has 2 rings (SSSR count). The van der Waals surface area contributed by atoms with Gasteiger partial charge in [0.1, 0.15) is 12.4 Å². The zero-order valence-corrected chi connectivity index (χ0v) is 16.0. The van der Waals surface area contributed by atoms with E-state index >= 15 is 0 Å². The van der Waals surface area contributed by atoms with Gasteiger partial charge in [-0.2, -0.15) is 0 Å². The summed E-state index contributed by atoms with van der Waals surface area (Å²) in [6, 6.07) is 13.9. The first-order chi connectivity index (χ1) is 12.6. The van der Waals surface area contributed by atoms with Crippen LogP contribution >= 0.6 is 7.82 Å². The van der Waals surface area contributed by atoms with Crippen LogP contribution in [0.4, 0.5) is 0 Å². The minimum absolute atomic E-state index is 0.00414. The zero-order valence-electron chi connectivity index (χ0n) is 15.1. The summed E-state index contributed by atoms with van der Waals surface area (Å²) in [5.41, 5.74) is 0. The molecule has 0 heterocycles. The summed E-state index contributed by atoms with van der Waals surface area (Å²) in [6.07, 6.45) is 2.72. The molecule has 0 aromatic heterocycles. The molecule has 1 unspecified atom stereocenters. The first-order valence-electron chi connectivity index (χ1n) is 8.92. The van der Waals surface area contributed by atoms with Crippen LogP contribution in [0.15, 0.2) is 42.5 Å². The molecule has 0 amide bonds. The van der Waals surface area contributed by atoms with Gasteiger partial charge in [-0.25, -0.2) is 4.57 Å². The molecule has 2 aromatic rings. The average Bonchev–Trinajstić information content (AvgIpc) is 2.64. The van der Waals surface area contributed by atoms with Gasteiger partial charge in [-0.3, -0.25) is 9.05 Å². The first kappa shape index (κ1) is 20.9. The van der Waals surface area contributed by atoms with Crippen molar-refractivity contribution < 1.29 is 28.0 Å². The highest BCUT2D eigenvalue weighted by Gasteiger charge is 2.20. The third-order valence-corrected chi connectivity index (χ3v) is 4.74. The zero-order chi connectivity index (χ0) is 18.7. The number of phosphoric ester groups is 1. The van der Waals surface area contributed by atoms with Crippen LogP contribution in [0, 0.1) is 0 Å². The predicted octanol–water partition coefficient (Wildman–Crippen LogP) is 4.56. The molecule has 26 heavy (non-hydrogen) atoms. The summed E-state index contributed by atoms with van der Waals surface area (Å²) >= 11 is 0. The van der Waals surface area contributed by atoms with Crippen molar-refractivity contribution in [2.75, 3.05) is 33.0 Å². The van der Waals surface area contributed by atoms with Crippen molar-refractivity contribution in [1.82, 2.24) is 0 Å². The first-order valence-corrected chi connectivity index (χ1v) is 10.4. The fourth-order valence-electron chi connectivity index (χ4n) is 2.41. The quantitative estimate of drug-likeness (QED) is 0.404. The lowest BCUT2D eigenvalue weighted by molar-refractivity contribution is 0.0610. The molecule has 1 N–H and O–H groups in total. The van der Waals surface area contributed by atoms with Crippen LogP contribution < -0.4 is 4.74 Å². The second-order valence-corrected chi connectivity index (χ2v) is 7.23. The highest BCUT2D eigenvalue weighted by atomic mass is 31.2. The Morgan fingerprint density at radius 2 is 1.62 bits per heavy atom. The molecule has 2 aromatic carbocycles. The van der Waals surface area contributed by atoms with Crippen LogP contribution in [0.25, 0.3) is 10.8 Å². The summed E-state index contributed by atoms with van der Waals surface area (Å²) in [7, 11) is -3.97. The van der Waals surface area contributed by atoms with E-state index in [0.717, 1.165) is 35.8 Å². The largest absolute Gasteiger partial charge is 0.491 e. The summed E-state index contributed by atoms with van der Waals surface area (Å²) < 4.78 is 32.4. The lowest BCUT2D eigenvalue weighted by Gasteiger charge is -2.12. The second kappa shape index (κ2) is 11.3. The normalized spacial score (nSPS) is 13.6. The molecule has 6 nitrogen and oxygen atoms in total. The molecule has 0 bridgehead atoms. The Morgan fingerprint density at radius 1 is 0.885 bits per heavy atom. The minimum atomic E-state index is -3.97. The van der Waals surface area contributed by atoms with E-state index in [1.54, 1.807) is 0 Å². The van der Waals surface area contributed by atoms with Crippen LogP contribution in [-0.4, -0.2) is 37.9 Å². The fraction of sp³-hybridized carbons (Fsp3) is 0.474. The molecule has 0 saturated heterocycles. The van der Waals surface area contributed by atoms with E-state index in [4.69, 9.17) is 18.5 Å². The Hall–Kier alpha value is -1.43. The minimum Gasteiger partial charge on any atom is -0.491 e. The number of hydrogen-bond acceptors (Lipinski definition) is 5. The van der Waals surface area contributed by atoms with Gasteiger partial charge in [-0.15, -0.1) is 0 Å². The Bertz CT molecular complexity index is 700. The predicted molar refractivity (Wildman–Crippen MR) is 102 cm³/mol. The van der Waals surface area contributed by atoms with Gasteiger partial charge < -0.3 is 14.4 Å². The number of phosphoric acid groups is 1. The molecule has 7 heteroatoms. The number of unbranched alkanes of at least 4 members (excludes halogenated alkanes) is 2. The topological polar surface area (TPSA) is 74.2 Å². The Morgan fingerprint density at radius 3 is 2.46 bits per heavy atom. The van der Waals surface area contributed by atoms with Crippen molar-refractivity contribution in [2.45, 2.75) is 26.2 Å². The maximum atomic E-state index is 11.6. The summed E-state index contributed by atoms with van der Waals surface area (Å²) in [5, 5.41) is 2.18. The van der Waals surface area contributed by atoms with E-state index in [2.05, 4.69) is 6.92 Å². The van der Waals surface area contributed by atoms with Crippen LogP contribution in [0.1, 0.15) is 26.2 Å². The van der Waals surface area contributed by atoms with Gasteiger partial charge in [0.2, 0.25) is 0 Å². The van der Waals surface area contributed by atoms with E-state index in [-0.39, 0.29) is 19.8 Å². The lowest BCUT2D eigenvalue weighted by atomic mass is 10.1. The van der Waals surface area contributed by atoms with Crippen molar-refractivity contribution >= 4 is 18.6 Å². The maximum absolute atomic E-state index is 11.6. The van der Waals surface area contributed by atoms with Crippen LogP contribution in [-0.2, 0) is 18.3 Å². The second-order valence-electron chi connectivity index (χ2n) is 5.78. The van der Waals surface area contributed by atoms with Gasteiger partial charge in [0.25, 0.3) is 0 Å².